The second-order valence-electron chi connectivity index (χ2n) is 6.07. The smallest absolute Gasteiger partial charge is 0.317 e. The van der Waals surface area contributed by atoms with Crippen LogP contribution in [0.5, 0.6) is 0 Å². The van der Waals surface area contributed by atoms with Crippen molar-refractivity contribution in [1.29, 1.82) is 0 Å². The van der Waals surface area contributed by atoms with Gasteiger partial charge in [0, 0.05) is 40.3 Å². The van der Waals surface area contributed by atoms with Crippen molar-refractivity contribution in [3.8, 4) is 0 Å². The molecule has 0 unspecified atom stereocenters. The quantitative estimate of drug-likeness (QED) is 0.699. The maximum Gasteiger partial charge on any atom is 0.317 e. The van der Waals surface area contributed by atoms with Gasteiger partial charge in [-0.1, -0.05) is 0 Å². The number of hydrogen-bond donors (Lipinski definition) is 1. The highest BCUT2D eigenvalue weighted by atomic mass is 32.1. The molecule has 4 rings (SSSR count). The first-order chi connectivity index (χ1) is 12.1. The average molecular weight is 361 g/mol. The topological polar surface area (TPSA) is 87.8 Å². The minimum Gasteiger partial charge on any atom is -0.341 e. The van der Waals surface area contributed by atoms with Gasteiger partial charge in [-0.25, -0.2) is 4.79 Å². The summed E-state index contributed by atoms with van der Waals surface area (Å²) in [6, 6.07) is 1.90. The number of urea groups is 1. The van der Waals surface area contributed by atoms with Gasteiger partial charge in [0.1, 0.15) is 4.70 Å². The van der Waals surface area contributed by atoms with Crippen LogP contribution in [0.2, 0.25) is 0 Å². The fourth-order valence-electron chi connectivity index (χ4n) is 3.22. The molecule has 1 aliphatic rings. The largest absolute Gasteiger partial charge is 0.341 e. The molecule has 1 fully saturated rings. The summed E-state index contributed by atoms with van der Waals surface area (Å²) in [5.41, 5.74) is 0.808. The summed E-state index contributed by atoms with van der Waals surface area (Å²) >= 11 is 1.43. The summed E-state index contributed by atoms with van der Waals surface area (Å²) in [7, 11) is 3.37. The fraction of sp³-hybridized carbons (Fsp3) is 0.467. The SMILES string of the molecule is CNC(=O)N1CCN(Cc2nnc3n(C)c(=O)c4sccc4n23)CC1. The Labute approximate surface area is 147 Å². The molecule has 0 aromatic carbocycles. The Balaban J connectivity index is 1.63. The van der Waals surface area contributed by atoms with E-state index in [1.54, 1.807) is 23.6 Å². The molecule has 0 aliphatic carbocycles. The number of piperazine rings is 1. The summed E-state index contributed by atoms with van der Waals surface area (Å²) in [5.74, 6) is 1.36. The molecule has 4 heterocycles. The average Bonchev–Trinajstić information content (AvgIpc) is 3.26. The van der Waals surface area contributed by atoms with E-state index in [-0.39, 0.29) is 11.6 Å². The standard InChI is InChI=1S/C15H19N7O2S/c1-16-15(24)21-6-4-20(5-7-21)9-11-17-18-14-19(2)13(23)12-10(22(11)14)3-8-25-12/h3,8H,4-7,9H2,1-2H3,(H,16,24). The molecule has 9 nitrogen and oxygen atoms in total. The number of thiophene rings is 1. The van der Waals surface area contributed by atoms with E-state index in [2.05, 4.69) is 20.4 Å². The van der Waals surface area contributed by atoms with Crippen LogP contribution >= 0.6 is 11.3 Å². The van der Waals surface area contributed by atoms with Gasteiger partial charge in [-0.3, -0.25) is 18.7 Å². The molecular formula is C15H19N7O2S. The summed E-state index contributed by atoms with van der Waals surface area (Å²) in [6.45, 7) is 3.55. The van der Waals surface area contributed by atoms with E-state index >= 15 is 0 Å². The molecule has 3 aromatic rings. The first-order valence-electron chi connectivity index (χ1n) is 8.09. The van der Waals surface area contributed by atoms with Gasteiger partial charge >= 0.3 is 6.03 Å². The van der Waals surface area contributed by atoms with Crippen molar-refractivity contribution in [3.63, 3.8) is 0 Å². The number of aromatic nitrogens is 4. The second-order valence-corrected chi connectivity index (χ2v) is 6.99. The van der Waals surface area contributed by atoms with Crippen molar-refractivity contribution in [2.24, 2.45) is 7.05 Å². The third-order valence-corrected chi connectivity index (χ3v) is 5.53. The number of amides is 2. The van der Waals surface area contributed by atoms with Crippen molar-refractivity contribution >= 4 is 33.4 Å². The first kappa shape index (κ1) is 16.0. The number of fused-ring (bicyclic) bond motifs is 3. The predicted octanol–water partition coefficient (Wildman–Crippen LogP) is 0.0997. The summed E-state index contributed by atoms with van der Waals surface area (Å²) < 4.78 is 4.21. The summed E-state index contributed by atoms with van der Waals surface area (Å²) in [6.07, 6.45) is 0. The zero-order valence-electron chi connectivity index (χ0n) is 14.1. The zero-order valence-corrected chi connectivity index (χ0v) is 14.9. The lowest BCUT2D eigenvalue weighted by atomic mass is 10.3. The Hall–Kier alpha value is -2.46. The molecule has 2 amide bonds. The molecule has 1 saturated heterocycles. The number of aryl methyl sites for hydroxylation is 1. The number of nitrogens with zero attached hydrogens (tertiary/aromatic N) is 6. The number of hydrogen-bond acceptors (Lipinski definition) is 6. The highest BCUT2D eigenvalue weighted by Gasteiger charge is 2.23. The predicted molar refractivity (Wildman–Crippen MR) is 94.9 cm³/mol. The Bertz CT molecular complexity index is 997. The van der Waals surface area contributed by atoms with E-state index in [1.165, 1.54) is 11.3 Å². The van der Waals surface area contributed by atoms with Crippen molar-refractivity contribution in [2.75, 3.05) is 33.2 Å². The van der Waals surface area contributed by atoms with Crippen LogP contribution in [0.25, 0.3) is 16.0 Å². The van der Waals surface area contributed by atoms with E-state index < -0.39 is 0 Å². The molecule has 0 atom stereocenters. The van der Waals surface area contributed by atoms with E-state index in [9.17, 15) is 9.59 Å². The van der Waals surface area contributed by atoms with Gasteiger partial charge < -0.3 is 10.2 Å². The van der Waals surface area contributed by atoms with Gasteiger partial charge in [-0.2, -0.15) is 0 Å². The molecule has 0 spiro atoms. The van der Waals surface area contributed by atoms with Crippen molar-refractivity contribution in [3.05, 3.63) is 27.6 Å². The van der Waals surface area contributed by atoms with Gasteiger partial charge in [0.05, 0.1) is 12.1 Å². The molecule has 0 bridgehead atoms. The maximum absolute atomic E-state index is 12.4. The minimum atomic E-state index is -0.0457. The summed E-state index contributed by atoms with van der Waals surface area (Å²) in [5, 5.41) is 13.1. The van der Waals surface area contributed by atoms with Crippen LogP contribution in [0.4, 0.5) is 4.79 Å². The van der Waals surface area contributed by atoms with Gasteiger partial charge in [0.25, 0.3) is 5.56 Å². The van der Waals surface area contributed by atoms with Crippen LogP contribution in [0.15, 0.2) is 16.2 Å². The fourth-order valence-corrected chi connectivity index (χ4v) is 4.07. The van der Waals surface area contributed by atoms with Crippen LogP contribution in [0.1, 0.15) is 5.82 Å². The lowest BCUT2D eigenvalue weighted by Gasteiger charge is -2.33. The minimum absolute atomic E-state index is 0.0393. The van der Waals surface area contributed by atoms with Gasteiger partial charge in [0.2, 0.25) is 5.78 Å². The molecule has 3 aromatic heterocycles. The first-order valence-corrected chi connectivity index (χ1v) is 8.97. The monoisotopic (exact) mass is 361 g/mol. The zero-order chi connectivity index (χ0) is 17.6. The summed E-state index contributed by atoms with van der Waals surface area (Å²) in [4.78, 5) is 28.1. The van der Waals surface area contributed by atoms with Gasteiger partial charge in [-0.05, 0) is 11.4 Å². The highest BCUT2D eigenvalue weighted by Crippen LogP contribution is 2.20. The number of carbonyl (C=O) groups excluding carboxylic acids is 1. The maximum atomic E-state index is 12.4. The van der Waals surface area contributed by atoms with E-state index in [0.29, 0.717) is 30.1 Å². The van der Waals surface area contributed by atoms with Crippen LogP contribution < -0.4 is 10.9 Å². The molecular weight excluding hydrogens is 342 g/mol. The van der Waals surface area contributed by atoms with Gasteiger partial charge in [-0.15, -0.1) is 21.5 Å². The second kappa shape index (κ2) is 6.12. The third-order valence-electron chi connectivity index (χ3n) is 4.64. The molecule has 1 aliphatic heterocycles. The van der Waals surface area contributed by atoms with E-state index in [1.807, 2.05) is 15.8 Å². The van der Waals surface area contributed by atoms with Crippen LogP contribution in [0, 0.1) is 0 Å². The Morgan fingerprint density at radius 2 is 2.04 bits per heavy atom. The van der Waals surface area contributed by atoms with Crippen LogP contribution in [-0.2, 0) is 13.6 Å². The van der Waals surface area contributed by atoms with Crippen molar-refractivity contribution in [1.82, 2.24) is 34.3 Å². The van der Waals surface area contributed by atoms with Crippen molar-refractivity contribution in [2.45, 2.75) is 6.54 Å². The Morgan fingerprint density at radius 1 is 1.28 bits per heavy atom. The Morgan fingerprint density at radius 3 is 2.76 bits per heavy atom. The van der Waals surface area contributed by atoms with Crippen LogP contribution in [-0.4, -0.2) is 68.2 Å². The van der Waals surface area contributed by atoms with Gasteiger partial charge in [0.15, 0.2) is 5.82 Å². The normalized spacial score (nSPS) is 16.0. The van der Waals surface area contributed by atoms with E-state index in [0.717, 1.165) is 24.4 Å². The molecule has 0 saturated carbocycles. The van der Waals surface area contributed by atoms with E-state index in [4.69, 9.17) is 0 Å². The third kappa shape index (κ3) is 2.57. The molecule has 1 N–H and O–H groups in total. The highest BCUT2D eigenvalue weighted by molar-refractivity contribution is 7.17. The van der Waals surface area contributed by atoms with Crippen LogP contribution in [0.3, 0.4) is 0 Å². The van der Waals surface area contributed by atoms with Crippen molar-refractivity contribution < 1.29 is 4.79 Å². The Kier molecular flexibility index (Phi) is 3.92. The lowest BCUT2D eigenvalue weighted by Crippen LogP contribution is -2.50. The molecule has 0 radical (unpaired) electrons. The number of carbonyl (C=O) groups is 1. The molecule has 132 valence electrons. The molecule has 10 heteroatoms. The number of nitrogens with one attached hydrogen (secondary N) is 1. The molecule has 25 heavy (non-hydrogen) atoms. The number of rotatable bonds is 2. The lowest BCUT2D eigenvalue weighted by molar-refractivity contribution is 0.134.